The number of aryl methyl sites for hydroxylation is 1. The van der Waals surface area contributed by atoms with Crippen molar-refractivity contribution in [2.24, 2.45) is 5.41 Å². The van der Waals surface area contributed by atoms with E-state index in [1.54, 1.807) is 0 Å². The van der Waals surface area contributed by atoms with Crippen molar-refractivity contribution in [2.75, 3.05) is 9.80 Å². The first-order valence-corrected chi connectivity index (χ1v) is 13.3. The Morgan fingerprint density at radius 1 is 0.667 bits per heavy atom. The second-order valence-electron chi connectivity index (χ2n) is 10.1. The average molecular weight is 471 g/mol. The Morgan fingerprint density at radius 2 is 1.22 bits per heavy atom. The van der Waals surface area contributed by atoms with Crippen LogP contribution in [0, 0.1) is 5.41 Å². The zero-order valence-electron chi connectivity index (χ0n) is 21.3. The number of rotatable bonds is 7. The maximum atomic E-state index is 2.65. The highest BCUT2D eigenvalue weighted by Crippen LogP contribution is 2.58. The van der Waals surface area contributed by atoms with Gasteiger partial charge < -0.3 is 9.80 Å². The maximum absolute atomic E-state index is 2.65. The maximum Gasteiger partial charge on any atom is 0.120 e. The van der Waals surface area contributed by atoms with E-state index in [2.05, 4.69) is 139 Å². The van der Waals surface area contributed by atoms with Gasteiger partial charge in [-0.25, -0.2) is 0 Å². The Kier molecular flexibility index (Phi) is 5.89. The molecule has 2 atom stereocenters. The number of hydrogen-bond acceptors (Lipinski definition) is 2. The van der Waals surface area contributed by atoms with Crippen LogP contribution in [0.25, 0.3) is 11.1 Å². The third-order valence-electron chi connectivity index (χ3n) is 8.03. The van der Waals surface area contributed by atoms with Crippen molar-refractivity contribution in [3.05, 3.63) is 121 Å². The molecule has 4 aromatic carbocycles. The highest BCUT2D eigenvalue weighted by molar-refractivity contribution is 5.93. The third-order valence-corrected chi connectivity index (χ3v) is 8.03. The van der Waals surface area contributed by atoms with Crippen molar-refractivity contribution in [3.8, 4) is 11.1 Å². The van der Waals surface area contributed by atoms with Crippen LogP contribution in [0.15, 0.2) is 115 Å². The van der Waals surface area contributed by atoms with E-state index in [0.717, 1.165) is 25.7 Å². The molecule has 6 rings (SSSR count). The molecule has 0 saturated heterocycles. The molecule has 0 radical (unpaired) electrons. The predicted molar refractivity (Wildman–Crippen MR) is 153 cm³/mol. The van der Waals surface area contributed by atoms with Crippen LogP contribution in [0.5, 0.6) is 0 Å². The smallest absolute Gasteiger partial charge is 0.120 e. The van der Waals surface area contributed by atoms with Gasteiger partial charge in [-0.3, -0.25) is 0 Å². The van der Waals surface area contributed by atoms with Crippen LogP contribution < -0.4 is 9.80 Å². The molecule has 0 spiro atoms. The van der Waals surface area contributed by atoms with Gasteiger partial charge in [0.2, 0.25) is 0 Å². The van der Waals surface area contributed by atoms with Crippen molar-refractivity contribution in [1.82, 2.24) is 0 Å². The van der Waals surface area contributed by atoms with Gasteiger partial charge >= 0.3 is 0 Å². The second kappa shape index (κ2) is 9.35. The molecule has 2 nitrogen and oxygen atoms in total. The molecule has 1 aliphatic heterocycles. The fourth-order valence-electron chi connectivity index (χ4n) is 6.12. The molecule has 4 aromatic rings. The van der Waals surface area contributed by atoms with Crippen molar-refractivity contribution in [1.29, 1.82) is 0 Å². The van der Waals surface area contributed by atoms with Gasteiger partial charge in [-0.05, 0) is 54.7 Å². The minimum atomic E-state index is 0.0716. The topological polar surface area (TPSA) is 6.48 Å². The van der Waals surface area contributed by atoms with Crippen LogP contribution in [0.1, 0.15) is 38.7 Å². The fraction of sp³-hybridized carbons (Fsp3) is 0.235. The molecule has 2 unspecified atom stereocenters. The second-order valence-corrected chi connectivity index (χ2v) is 10.1. The van der Waals surface area contributed by atoms with E-state index in [4.69, 9.17) is 0 Å². The summed E-state index contributed by atoms with van der Waals surface area (Å²) in [6.45, 7) is 4.63. The first-order valence-electron chi connectivity index (χ1n) is 13.3. The van der Waals surface area contributed by atoms with Gasteiger partial charge in [0.1, 0.15) is 6.17 Å². The van der Waals surface area contributed by atoms with Crippen molar-refractivity contribution < 1.29 is 0 Å². The highest BCUT2D eigenvalue weighted by Gasteiger charge is 2.51. The summed E-state index contributed by atoms with van der Waals surface area (Å²) in [7, 11) is 0. The number of para-hydroxylation sites is 4. The quantitative estimate of drug-likeness (QED) is 0.248. The first-order chi connectivity index (χ1) is 17.8. The number of allylic oxidation sites excluding steroid dienone is 1. The van der Waals surface area contributed by atoms with Crippen LogP contribution in [-0.4, -0.2) is 6.17 Å². The summed E-state index contributed by atoms with van der Waals surface area (Å²) in [4.78, 5) is 5.28. The minimum absolute atomic E-state index is 0.0716. The summed E-state index contributed by atoms with van der Waals surface area (Å²) in [6, 6.07) is 37.8. The lowest BCUT2D eigenvalue weighted by Gasteiger charge is -2.49. The first kappa shape index (κ1) is 22.7. The molecule has 0 aromatic heterocycles. The van der Waals surface area contributed by atoms with E-state index in [9.17, 15) is 0 Å². The lowest BCUT2D eigenvalue weighted by atomic mass is 9.70. The minimum Gasteiger partial charge on any atom is -0.317 e. The SMILES string of the molecule is CCCc1ccccc1N1c2ccccc2N(c2ccccc2-c2ccccc2)C1C1(CC)C=CC1. The third kappa shape index (κ3) is 3.55. The summed E-state index contributed by atoms with van der Waals surface area (Å²) >= 11 is 0. The van der Waals surface area contributed by atoms with E-state index >= 15 is 0 Å². The van der Waals surface area contributed by atoms with Crippen molar-refractivity contribution >= 4 is 22.7 Å². The van der Waals surface area contributed by atoms with Gasteiger partial charge in [0, 0.05) is 16.7 Å². The molecular formula is C34H34N2. The summed E-state index contributed by atoms with van der Waals surface area (Å²) in [6.07, 6.45) is 9.39. The molecule has 36 heavy (non-hydrogen) atoms. The number of benzene rings is 4. The van der Waals surface area contributed by atoms with Crippen LogP contribution >= 0.6 is 0 Å². The van der Waals surface area contributed by atoms with E-state index in [1.165, 1.54) is 39.4 Å². The number of nitrogens with zero attached hydrogens (tertiary/aromatic N) is 2. The van der Waals surface area contributed by atoms with Gasteiger partial charge in [0.05, 0.1) is 17.1 Å². The number of fused-ring (bicyclic) bond motifs is 1. The molecule has 0 N–H and O–H groups in total. The van der Waals surface area contributed by atoms with Crippen molar-refractivity contribution in [2.45, 2.75) is 45.7 Å². The predicted octanol–water partition coefficient (Wildman–Crippen LogP) is 9.28. The molecule has 2 aliphatic rings. The normalized spacial score (nSPS) is 20.3. The molecule has 2 heteroatoms. The largest absolute Gasteiger partial charge is 0.317 e. The molecule has 1 heterocycles. The van der Waals surface area contributed by atoms with E-state index < -0.39 is 0 Å². The lowest BCUT2D eigenvalue weighted by molar-refractivity contribution is 0.271. The monoisotopic (exact) mass is 470 g/mol. The van der Waals surface area contributed by atoms with Gasteiger partial charge in [-0.15, -0.1) is 0 Å². The molecular weight excluding hydrogens is 436 g/mol. The molecule has 0 saturated carbocycles. The summed E-state index contributed by atoms with van der Waals surface area (Å²) < 4.78 is 0. The van der Waals surface area contributed by atoms with Crippen molar-refractivity contribution in [3.63, 3.8) is 0 Å². The number of hydrogen-bond donors (Lipinski definition) is 0. The van der Waals surface area contributed by atoms with Crippen LogP contribution in [0.3, 0.4) is 0 Å². The Bertz CT molecular complexity index is 1390. The Balaban J connectivity index is 1.62. The standard InChI is InChI=1S/C34H34N2/c1-3-15-27-18-8-10-20-29(27)35-31-22-12-13-23-32(31)36(33(35)34(4-2)24-14-25-34)30-21-11-9-19-28(30)26-16-6-5-7-17-26/h5-14,16-24,33H,3-4,15,25H2,1-2H3. The highest BCUT2D eigenvalue weighted by atomic mass is 15.4. The molecule has 0 amide bonds. The molecule has 180 valence electrons. The lowest BCUT2D eigenvalue weighted by Crippen LogP contribution is -2.53. The van der Waals surface area contributed by atoms with E-state index in [0.29, 0.717) is 0 Å². The molecule has 1 aliphatic carbocycles. The average Bonchev–Trinajstić information content (AvgIpc) is 3.24. The summed E-state index contributed by atoms with van der Waals surface area (Å²) in [5.41, 5.74) is 9.21. The van der Waals surface area contributed by atoms with E-state index in [1.807, 2.05) is 0 Å². The Labute approximate surface area is 215 Å². The van der Waals surface area contributed by atoms with Crippen LogP contribution in [0.2, 0.25) is 0 Å². The van der Waals surface area contributed by atoms with Gasteiger partial charge in [-0.2, -0.15) is 0 Å². The van der Waals surface area contributed by atoms with Gasteiger partial charge in [0.25, 0.3) is 0 Å². The Morgan fingerprint density at radius 3 is 1.83 bits per heavy atom. The zero-order valence-corrected chi connectivity index (χ0v) is 21.3. The van der Waals surface area contributed by atoms with Gasteiger partial charge in [0.15, 0.2) is 0 Å². The van der Waals surface area contributed by atoms with Crippen LogP contribution in [0.4, 0.5) is 22.7 Å². The number of anilines is 4. The summed E-state index contributed by atoms with van der Waals surface area (Å²) in [5.74, 6) is 0. The summed E-state index contributed by atoms with van der Waals surface area (Å²) in [5, 5.41) is 0. The fourth-order valence-corrected chi connectivity index (χ4v) is 6.12. The van der Waals surface area contributed by atoms with Crippen LogP contribution in [-0.2, 0) is 6.42 Å². The zero-order chi connectivity index (χ0) is 24.5. The Hall–Kier alpha value is -3.78. The molecule has 0 bridgehead atoms. The molecule has 0 fully saturated rings. The van der Waals surface area contributed by atoms with E-state index in [-0.39, 0.29) is 11.6 Å². The van der Waals surface area contributed by atoms with Gasteiger partial charge in [-0.1, -0.05) is 111 Å².